The van der Waals surface area contributed by atoms with E-state index >= 15 is 9.59 Å². The molecule has 0 saturated heterocycles. The Morgan fingerprint density at radius 2 is 0.382 bits per heavy atom. The van der Waals surface area contributed by atoms with Gasteiger partial charge in [-0.1, -0.05) is 270 Å². The van der Waals surface area contributed by atoms with Crippen LogP contribution in [-0.2, 0) is 52.9 Å². The first-order chi connectivity index (χ1) is 35.1. The van der Waals surface area contributed by atoms with Crippen molar-refractivity contribution in [2.24, 2.45) is 0 Å². The van der Waals surface area contributed by atoms with E-state index in [-0.39, 0.29) is 44.3 Å². The molecule has 0 fully saturated rings. The molecule has 0 aliphatic carbocycles. The maximum atomic E-state index is 16.0. The molecule has 0 spiro atoms. The van der Waals surface area contributed by atoms with E-state index in [1.54, 1.807) is 0 Å². The Bertz CT molecular complexity index is 2680. The van der Waals surface area contributed by atoms with Crippen LogP contribution in [0.3, 0.4) is 0 Å². The van der Waals surface area contributed by atoms with Gasteiger partial charge >= 0.3 is 0 Å². The zero-order chi connectivity index (χ0) is 56.2. The molecule has 2 amide bonds. The number of hydrogen-bond acceptors (Lipinski definition) is 4. The average Bonchev–Trinajstić information content (AvgIpc) is 3.34. The van der Waals surface area contributed by atoms with Gasteiger partial charge in [0.05, 0.1) is 11.4 Å². The molecular formula is C70H84N2O2S2. The van der Waals surface area contributed by atoms with E-state index in [2.05, 4.69) is 281 Å². The first-order valence-corrected chi connectivity index (χ1v) is 27.8. The van der Waals surface area contributed by atoms with E-state index in [4.69, 9.17) is 25.3 Å². The molecule has 0 heterocycles. The first kappa shape index (κ1) is 57.9. The molecule has 6 heteroatoms. The molecule has 0 saturated carbocycles. The number of benzene rings is 7. The number of carbonyl (C=O) groups is 2. The van der Waals surface area contributed by atoms with Crippen LogP contribution in [0.25, 0.3) is 0 Å². The van der Waals surface area contributed by atoms with Crippen LogP contribution in [-0.4, -0.2) is 11.8 Å². The topological polar surface area (TPSA) is 58.2 Å². The zero-order valence-electron chi connectivity index (χ0n) is 48.7. The standard InChI is InChI=1S/C70H84N2O2S2/c1-63(2,3)45-19-31-51(32-20-45)69(52-33-21-46(22-34-52)64(4,5)6,53-35-23-47(24-36-53)65(7,8)9)61(73)71-57-43-44-58(60(76)59(57)75)72-62(74)70(54-37-25-48(26-38-54)66(10,11)12,55-39-27-49(28-40-55)67(13,14)15)56-41-29-50(30-42-56)68(16,17)18/h19-44,75-76H,1-18H3,(H,71,73)(H,72,74). The summed E-state index contributed by atoms with van der Waals surface area (Å²) in [6.45, 7) is 39.6. The summed E-state index contributed by atoms with van der Waals surface area (Å²) in [5.74, 6) is -0.504. The van der Waals surface area contributed by atoms with Gasteiger partial charge in [0.1, 0.15) is 10.8 Å². The van der Waals surface area contributed by atoms with Crippen molar-refractivity contribution in [3.8, 4) is 0 Å². The summed E-state index contributed by atoms with van der Waals surface area (Å²) in [5, 5.41) is 6.77. The van der Waals surface area contributed by atoms with E-state index in [0.29, 0.717) is 21.2 Å². The van der Waals surface area contributed by atoms with Gasteiger partial charge in [0.15, 0.2) is 0 Å². The lowest BCUT2D eigenvalue weighted by Crippen LogP contribution is -2.43. The molecule has 7 aromatic rings. The molecule has 2 N–H and O–H groups in total. The van der Waals surface area contributed by atoms with Gasteiger partial charge < -0.3 is 10.6 Å². The smallest absolute Gasteiger partial charge is 0.244 e. The van der Waals surface area contributed by atoms with Crippen LogP contribution in [0.15, 0.2) is 168 Å². The molecule has 0 bridgehead atoms. The van der Waals surface area contributed by atoms with E-state index < -0.39 is 10.8 Å². The molecule has 7 rings (SSSR count). The third-order valence-corrected chi connectivity index (χ3v) is 16.5. The molecule has 0 aliphatic heterocycles. The van der Waals surface area contributed by atoms with Crippen molar-refractivity contribution < 1.29 is 9.59 Å². The molecule has 0 radical (unpaired) electrons. The predicted molar refractivity (Wildman–Crippen MR) is 329 cm³/mol. The van der Waals surface area contributed by atoms with Gasteiger partial charge in [0, 0.05) is 9.79 Å². The van der Waals surface area contributed by atoms with Crippen LogP contribution in [0, 0.1) is 0 Å². The van der Waals surface area contributed by atoms with Gasteiger partial charge in [-0.3, -0.25) is 9.59 Å². The van der Waals surface area contributed by atoms with Crippen molar-refractivity contribution in [2.75, 3.05) is 10.6 Å². The Kier molecular flexibility index (Phi) is 15.9. The van der Waals surface area contributed by atoms with Crippen LogP contribution >= 0.6 is 25.3 Å². The van der Waals surface area contributed by atoms with Crippen molar-refractivity contribution >= 4 is 48.4 Å². The molecule has 398 valence electrons. The molecule has 0 atom stereocenters. The van der Waals surface area contributed by atoms with Gasteiger partial charge in [0.2, 0.25) is 11.8 Å². The van der Waals surface area contributed by atoms with E-state index in [1.807, 2.05) is 12.1 Å². The quantitative estimate of drug-likeness (QED) is 0.0815. The van der Waals surface area contributed by atoms with Gasteiger partial charge in [0.25, 0.3) is 0 Å². The molecule has 7 aromatic carbocycles. The van der Waals surface area contributed by atoms with Crippen LogP contribution < -0.4 is 10.6 Å². The fourth-order valence-corrected chi connectivity index (χ4v) is 10.8. The highest BCUT2D eigenvalue weighted by atomic mass is 32.1. The second-order valence-electron chi connectivity index (χ2n) is 27.2. The van der Waals surface area contributed by atoms with E-state index in [9.17, 15) is 0 Å². The first-order valence-electron chi connectivity index (χ1n) is 26.9. The Hall–Kier alpha value is -5.82. The van der Waals surface area contributed by atoms with Crippen molar-refractivity contribution in [1.29, 1.82) is 0 Å². The fourth-order valence-electron chi connectivity index (χ4n) is 10.3. The minimum absolute atomic E-state index is 0.0997. The Morgan fingerprint density at radius 3 is 0.513 bits per heavy atom. The largest absolute Gasteiger partial charge is 0.324 e. The van der Waals surface area contributed by atoms with Gasteiger partial charge in [-0.2, -0.15) is 0 Å². The second kappa shape index (κ2) is 20.9. The van der Waals surface area contributed by atoms with Crippen molar-refractivity contribution in [3.05, 3.63) is 224 Å². The minimum atomic E-state index is -1.31. The zero-order valence-corrected chi connectivity index (χ0v) is 50.5. The highest BCUT2D eigenvalue weighted by molar-refractivity contribution is 7.83. The Labute approximate surface area is 468 Å². The number of amides is 2. The lowest BCUT2D eigenvalue weighted by Gasteiger charge is -2.36. The molecule has 0 unspecified atom stereocenters. The maximum absolute atomic E-state index is 16.0. The van der Waals surface area contributed by atoms with Crippen LogP contribution in [0.1, 0.15) is 191 Å². The number of rotatable bonds is 10. The molecule has 4 nitrogen and oxygen atoms in total. The summed E-state index contributed by atoms with van der Waals surface area (Å²) in [6.07, 6.45) is 0. The number of hydrogen-bond donors (Lipinski definition) is 4. The van der Waals surface area contributed by atoms with Crippen LogP contribution in [0.2, 0.25) is 0 Å². The molecule has 76 heavy (non-hydrogen) atoms. The summed E-state index contributed by atoms with van der Waals surface area (Å²) in [7, 11) is 0. The van der Waals surface area contributed by atoms with Crippen LogP contribution in [0.4, 0.5) is 11.4 Å². The van der Waals surface area contributed by atoms with Crippen molar-refractivity contribution in [2.45, 2.75) is 178 Å². The number of nitrogens with one attached hydrogen (secondary N) is 2. The Balaban J connectivity index is 1.39. The number of carbonyl (C=O) groups excluding carboxylic acids is 2. The van der Waals surface area contributed by atoms with Crippen molar-refractivity contribution in [1.82, 2.24) is 0 Å². The second-order valence-corrected chi connectivity index (χ2v) is 28.1. The molecular weight excluding hydrogens is 965 g/mol. The number of thiol groups is 2. The SMILES string of the molecule is CC(C)(C)c1ccc(C(C(=O)Nc2ccc(NC(=O)C(c3ccc(C(C)(C)C)cc3)(c3ccc(C(C)(C)C)cc3)c3ccc(C(C)(C)C)cc3)c(S)c2S)(c2ccc(C(C)(C)C)cc2)c2ccc(C(C)(C)C)cc2)cc1. The van der Waals surface area contributed by atoms with E-state index in [0.717, 1.165) is 33.4 Å². The van der Waals surface area contributed by atoms with E-state index in [1.165, 1.54) is 33.4 Å². The lowest BCUT2D eigenvalue weighted by molar-refractivity contribution is -0.119. The minimum Gasteiger partial charge on any atom is -0.324 e. The summed E-state index contributed by atoms with van der Waals surface area (Å²) in [5.41, 5.74) is 9.72. The normalized spacial score (nSPS) is 13.1. The van der Waals surface area contributed by atoms with Crippen LogP contribution in [0.5, 0.6) is 0 Å². The van der Waals surface area contributed by atoms with Gasteiger partial charge in [-0.25, -0.2) is 0 Å². The average molecular weight is 1050 g/mol. The lowest BCUT2D eigenvalue weighted by atomic mass is 9.67. The molecule has 0 aliphatic rings. The Morgan fingerprint density at radius 1 is 0.250 bits per heavy atom. The third kappa shape index (κ3) is 11.6. The summed E-state index contributed by atoms with van der Waals surface area (Å²) >= 11 is 10.3. The monoisotopic (exact) mass is 1050 g/mol. The highest BCUT2D eigenvalue weighted by Gasteiger charge is 2.47. The maximum Gasteiger partial charge on any atom is 0.244 e. The summed E-state index contributed by atoms with van der Waals surface area (Å²) in [4.78, 5) is 32.9. The van der Waals surface area contributed by atoms with Gasteiger partial charge in [-0.05, 0) is 111 Å². The predicted octanol–water partition coefficient (Wildman–Crippen LogP) is 18.0. The number of anilines is 2. The summed E-state index contributed by atoms with van der Waals surface area (Å²) < 4.78 is 0. The summed E-state index contributed by atoms with van der Waals surface area (Å²) in [6, 6.07) is 54.7. The van der Waals surface area contributed by atoms with Gasteiger partial charge in [-0.15, -0.1) is 25.3 Å². The highest BCUT2D eigenvalue weighted by Crippen LogP contribution is 2.46. The third-order valence-electron chi connectivity index (χ3n) is 15.4. The van der Waals surface area contributed by atoms with Crippen molar-refractivity contribution in [3.63, 3.8) is 0 Å². The fraction of sp³-hybridized carbons (Fsp3) is 0.371. The molecule has 0 aromatic heterocycles.